The molecular weight excluding hydrogens is 359 g/mol. The van der Waals surface area contributed by atoms with Crippen LogP contribution in [0, 0.1) is 13.8 Å². The van der Waals surface area contributed by atoms with Gasteiger partial charge in [0.25, 0.3) is 0 Å². The zero-order valence-electron chi connectivity index (χ0n) is 8.51. The summed E-state index contributed by atoms with van der Waals surface area (Å²) in [6, 6.07) is 1.80. The van der Waals surface area contributed by atoms with Crippen LogP contribution in [0.4, 0.5) is 0 Å². The quantitative estimate of drug-likeness (QED) is 0.696. The molecule has 0 atom stereocenters. The summed E-state index contributed by atoms with van der Waals surface area (Å²) in [7, 11) is 0. The molecule has 2 aromatic rings. The Bertz CT molecular complexity index is 511. The molecule has 0 unspecified atom stereocenters. The molecule has 6 heteroatoms. The highest BCUT2D eigenvalue weighted by molar-refractivity contribution is 9.13. The molecule has 0 N–H and O–H groups in total. The standard InChI is InChI=1S/C10H7Br2ClN2O/c1-4-5(2)14-10(15-9(4)13)7-3-6(11)8(12)16-7/h3H,1-2H3. The number of furan rings is 1. The molecule has 84 valence electrons. The lowest BCUT2D eigenvalue weighted by Crippen LogP contribution is -1.95. The lowest BCUT2D eigenvalue weighted by atomic mass is 10.2. The van der Waals surface area contributed by atoms with Gasteiger partial charge >= 0.3 is 0 Å². The zero-order chi connectivity index (χ0) is 11.9. The molecule has 2 heterocycles. The van der Waals surface area contributed by atoms with Crippen LogP contribution in [-0.4, -0.2) is 9.97 Å². The first-order valence-electron chi connectivity index (χ1n) is 4.45. The van der Waals surface area contributed by atoms with Gasteiger partial charge in [0.05, 0.1) is 4.47 Å². The summed E-state index contributed by atoms with van der Waals surface area (Å²) in [6.07, 6.45) is 0. The lowest BCUT2D eigenvalue weighted by molar-refractivity contribution is 0.549. The minimum absolute atomic E-state index is 0.450. The van der Waals surface area contributed by atoms with E-state index >= 15 is 0 Å². The van der Waals surface area contributed by atoms with Crippen LogP contribution in [0.25, 0.3) is 11.6 Å². The number of hydrogen-bond donors (Lipinski definition) is 0. The number of aromatic nitrogens is 2. The molecule has 0 saturated carbocycles. The van der Waals surface area contributed by atoms with Crippen LogP contribution in [0.3, 0.4) is 0 Å². The third-order valence-electron chi connectivity index (χ3n) is 2.20. The molecule has 2 aromatic heterocycles. The smallest absolute Gasteiger partial charge is 0.197 e. The number of hydrogen-bond acceptors (Lipinski definition) is 3. The van der Waals surface area contributed by atoms with E-state index in [9.17, 15) is 0 Å². The Morgan fingerprint density at radius 2 is 1.94 bits per heavy atom. The third kappa shape index (κ3) is 2.17. The Morgan fingerprint density at radius 1 is 1.25 bits per heavy atom. The monoisotopic (exact) mass is 364 g/mol. The second-order valence-corrected chi connectivity index (χ2v) is 5.21. The molecule has 0 bridgehead atoms. The van der Waals surface area contributed by atoms with Crippen molar-refractivity contribution >= 4 is 43.5 Å². The van der Waals surface area contributed by atoms with E-state index in [0.29, 0.717) is 21.4 Å². The second kappa shape index (κ2) is 4.47. The summed E-state index contributed by atoms with van der Waals surface area (Å²) >= 11 is 12.6. The van der Waals surface area contributed by atoms with Gasteiger partial charge in [-0.25, -0.2) is 9.97 Å². The van der Waals surface area contributed by atoms with Crippen molar-refractivity contribution in [1.82, 2.24) is 9.97 Å². The average Bonchev–Trinajstić information content (AvgIpc) is 2.55. The number of nitrogens with zero attached hydrogens (tertiary/aromatic N) is 2. The van der Waals surface area contributed by atoms with Crippen molar-refractivity contribution in [2.45, 2.75) is 13.8 Å². The van der Waals surface area contributed by atoms with Gasteiger partial charge in [0.1, 0.15) is 5.15 Å². The van der Waals surface area contributed by atoms with Gasteiger partial charge in [-0.1, -0.05) is 11.6 Å². The summed E-state index contributed by atoms with van der Waals surface area (Å²) in [5.41, 5.74) is 1.73. The zero-order valence-corrected chi connectivity index (χ0v) is 12.4. The maximum Gasteiger partial charge on any atom is 0.197 e. The fourth-order valence-electron chi connectivity index (χ4n) is 1.16. The molecule has 0 aliphatic heterocycles. The van der Waals surface area contributed by atoms with E-state index in [1.807, 2.05) is 13.8 Å². The summed E-state index contributed by atoms with van der Waals surface area (Å²) in [4.78, 5) is 8.50. The van der Waals surface area contributed by atoms with Gasteiger partial charge in [-0.15, -0.1) is 0 Å². The van der Waals surface area contributed by atoms with Crippen LogP contribution in [0.5, 0.6) is 0 Å². The van der Waals surface area contributed by atoms with Gasteiger partial charge < -0.3 is 4.42 Å². The van der Waals surface area contributed by atoms with Crippen molar-refractivity contribution in [3.8, 4) is 11.6 Å². The predicted octanol–water partition coefficient (Wildman–Crippen LogP) is 4.53. The molecule has 3 nitrogen and oxygen atoms in total. The van der Waals surface area contributed by atoms with Crippen LogP contribution in [0.15, 0.2) is 19.6 Å². The van der Waals surface area contributed by atoms with Crippen LogP contribution < -0.4 is 0 Å². The van der Waals surface area contributed by atoms with Gasteiger partial charge in [-0.05, 0) is 45.7 Å². The predicted molar refractivity (Wildman–Crippen MR) is 69.6 cm³/mol. The largest absolute Gasteiger partial charge is 0.445 e. The van der Waals surface area contributed by atoms with E-state index in [-0.39, 0.29) is 0 Å². The van der Waals surface area contributed by atoms with E-state index in [1.165, 1.54) is 0 Å². The SMILES string of the molecule is Cc1nc(-c2cc(Br)c(Br)o2)nc(Cl)c1C. The highest BCUT2D eigenvalue weighted by atomic mass is 79.9. The van der Waals surface area contributed by atoms with Crippen molar-refractivity contribution in [3.05, 3.63) is 31.6 Å². The van der Waals surface area contributed by atoms with Gasteiger partial charge in [0, 0.05) is 17.3 Å². The summed E-state index contributed by atoms with van der Waals surface area (Å²) in [5, 5.41) is 0.450. The van der Waals surface area contributed by atoms with Crippen LogP contribution >= 0.6 is 43.5 Å². The maximum atomic E-state index is 6.00. The molecule has 0 amide bonds. The minimum Gasteiger partial charge on any atom is -0.445 e. The third-order valence-corrected chi connectivity index (χ3v) is 4.27. The molecule has 16 heavy (non-hydrogen) atoms. The van der Waals surface area contributed by atoms with Crippen molar-refractivity contribution in [1.29, 1.82) is 0 Å². The van der Waals surface area contributed by atoms with Crippen LogP contribution in [0.2, 0.25) is 5.15 Å². The maximum absolute atomic E-state index is 6.00. The number of aryl methyl sites for hydroxylation is 1. The first-order valence-corrected chi connectivity index (χ1v) is 6.41. The molecule has 0 aliphatic rings. The highest BCUT2D eigenvalue weighted by Crippen LogP contribution is 2.32. The van der Waals surface area contributed by atoms with E-state index in [0.717, 1.165) is 15.7 Å². The van der Waals surface area contributed by atoms with Gasteiger partial charge in [-0.3, -0.25) is 0 Å². The Morgan fingerprint density at radius 3 is 2.44 bits per heavy atom. The molecule has 0 saturated heterocycles. The van der Waals surface area contributed by atoms with Gasteiger partial charge in [0.15, 0.2) is 16.3 Å². The first kappa shape index (κ1) is 12.1. The molecular formula is C10H7Br2ClN2O. The molecule has 0 aliphatic carbocycles. The van der Waals surface area contributed by atoms with Crippen molar-refractivity contribution < 1.29 is 4.42 Å². The Labute approximate surface area is 114 Å². The van der Waals surface area contributed by atoms with E-state index in [1.54, 1.807) is 6.07 Å². The normalized spacial score (nSPS) is 10.8. The molecule has 2 rings (SSSR count). The van der Waals surface area contributed by atoms with Crippen molar-refractivity contribution in [2.75, 3.05) is 0 Å². The summed E-state index contributed by atoms with van der Waals surface area (Å²) in [5.74, 6) is 1.06. The van der Waals surface area contributed by atoms with E-state index in [4.69, 9.17) is 16.0 Å². The fourth-order valence-corrected chi connectivity index (χ4v) is 1.96. The Kier molecular flexibility index (Phi) is 3.37. The van der Waals surface area contributed by atoms with Gasteiger partial charge in [0.2, 0.25) is 0 Å². The Hall–Kier alpha value is -0.390. The Balaban J connectivity index is 2.56. The summed E-state index contributed by atoms with van der Waals surface area (Å²) < 4.78 is 6.87. The van der Waals surface area contributed by atoms with E-state index < -0.39 is 0 Å². The molecule has 0 radical (unpaired) electrons. The van der Waals surface area contributed by atoms with Crippen molar-refractivity contribution in [3.63, 3.8) is 0 Å². The second-order valence-electron chi connectivity index (χ2n) is 3.28. The minimum atomic E-state index is 0.450. The number of halogens is 3. The molecule has 0 fully saturated rings. The van der Waals surface area contributed by atoms with Crippen molar-refractivity contribution in [2.24, 2.45) is 0 Å². The molecule has 0 aromatic carbocycles. The summed E-state index contributed by atoms with van der Waals surface area (Å²) in [6.45, 7) is 3.77. The highest BCUT2D eigenvalue weighted by Gasteiger charge is 2.13. The molecule has 0 spiro atoms. The van der Waals surface area contributed by atoms with Crippen LogP contribution in [0.1, 0.15) is 11.3 Å². The topological polar surface area (TPSA) is 38.9 Å². The number of rotatable bonds is 1. The van der Waals surface area contributed by atoms with Gasteiger partial charge in [-0.2, -0.15) is 0 Å². The first-order chi connectivity index (χ1) is 7.49. The lowest BCUT2D eigenvalue weighted by Gasteiger charge is -2.03. The van der Waals surface area contributed by atoms with Crippen LogP contribution in [-0.2, 0) is 0 Å². The average molecular weight is 366 g/mol. The fraction of sp³-hybridized carbons (Fsp3) is 0.200. The van der Waals surface area contributed by atoms with E-state index in [2.05, 4.69) is 41.8 Å².